The average Bonchev–Trinajstić information content (AvgIpc) is 3.43. The summed E-state index contributed by atoms with van der Waals surface area (Å²) in [6, 6.07) is 9.06. The maximum atomic E-state index is 13.8. The third-order valence-corrected chi connectivity index (χ3v) is 8.52. The second-order valence-corrected chi connectivity index (χ2v) is 11.4. The van der Waals surface area contributed by atoms with E-state index in [1.165, 1.54) is 19.1 Å². The number of rotatable bonds is 6. The fraction of sp³-hybridized carbons (Fsp3) is 0.419. The Bertz CT molecular complexity index is 1580. The van der Waals surface area contributed by atoms with E-state index in [0.29, 0.717) is 30.5 Å². The maximum Gasteiger partial charge on any atom is 0.416 e. The third-order valence-electron chi connectivity index (χ3n) is 8.52. The number of hydrogen-bond acceptors (Lipinski definition) is 6. The molecule has 14 heteroatoms. The average molecular weight is 635 g/mol. The Morgan fingerprint density at radius 3 is 2.09 bits per heavy atom. The van der Waals surface area contributed by atoms with Gasteiger partial charge in [-0.2, -0.15) is 26.3 Å². The molecule has 6 rings (SSSR count). The summed E-state index contributed by atoms with van der Waals surface area (Å²) in [5.74, 6) is 1.32. The van der Waals surface area contributed by atoms with Gasteiger partial charge in [-0.15, -0.1) is 10.2 Å². The molecule has 3 atom stereocenters. The van der Waals surface area contributed by atoms with Gasteiger partial charge in [-0.25, -0.2) is 14.4 Å². The van der Waals surface area contributed by atoms with Gasteiger partial charge < -0.3 is 14.2 Å². The molecule has 2 aliphatic heterocycles. The predicted octanol–water partition coefficient (Wildman–Crippen LogP) is 7.12. The van der Waals surface area contributed by atoms with Gasteiger partial charge in [-0.3, -0.25) is 0 Å². The van der Waals surface area contributed by atoms with Crippen molar-refractivity contribution in [1.29, 1.82) is 0 Å². The molecule has 0 saturated carbocycles. The second kappa shape index (κ2) is 12.0. The Balaban J connectivity index is 1.27. The molecule has 0 radical (unpaired) electrons. The zero-order valence-corrected chi connectivity index (χ0v) is 24.1. The van der Waals surface area contributed by atoms with Crippen LogP contribution in [0.4, 0.5) is 36.7 Å². The quantitative estimate of drug-likeness (QED) is 0.211. The normalized spacial score (nSPS) is 20.2. The van der Waals surface area contributed by atoms with Crippen molar-refractivity contribution in [1.82, 2.24) is 24.7 Å². The molecule has 4 aromatic rings. The topological polar surface area (TPSA) is 69.0 Å². The molecular weight excluding hydrogens is 605 g/mol. The first-order valence-electron chi connectivity index (χ1n) is 14.5. The van der Waals surface area contributed by atoms with Crippen LogP contribution in [0.1, 0.15) is 71.6 Å². The maximum absolute atomic E-state index is 13.8. The number of hydrogen-bond donors (Lipinski definition) is 0. The molecule has 0 spiro atoms. The van der Waals surface area contributed by atoms with Crippen molar-refractivity contribution < 1.29 is 35.5 Å². The molecule has 0 unspecified atom stereocenters. The third kappa shape index (κ3) is 6.65. The van der Waals surface area contributed by atoms with Crippen molar-refractivity contribution >= 4 is 5.95 Å². The molecular formula is C31H29F7N6O. The highest BCUT2D eigenvalue weighted by molar-refractivity contribution is 5.35. The molecule has 238 valence electrons. The van der Waals surface area contributed by atoms with Crippen LogP contribution in [0.25, 0.3) is 0 Å². The predicted molar refractivity (Wildman–Crippen MR) is 149 cm³/mol. The summed E-state index contributed by atoms with van der Waals surface area (Å²) < 4.78 is 103. The van der Waals surface area contributed by atoms with Crippen LogP contribution in [-0.2, 0) is 30.1 Å². The van der Waals surface area contributed by atoms with E-state index in [4.69, 9.17) is 4.74 Å². The molecule has 0 amide bonds. The molecule has 2 aliphatic rings. The number of fused-ring (bicyclic) bond motifs is 1. The molecule has 1 saturated heterocycles. The van der Waals surface area contributed by atoms with Crippen LogP contribution in [0.2, 0.25) is 0 Å². The molecule has 0 bridgehead atoms. The number of anilines is 1. The highest BCUT2D eigenvalue weighted by Crippen LogP contribution is 2.41. The minimum absolute atomic E-state index is 0.0967. The van der Waals surface area contributed by atoms with Crippen LogP contribution in [0.15, 0.2) is 60.9 Å². The summed E-state index contributed by atoms with van der Waals surface area (Å²) in [5.41, 5.74) is -2.35. The zero-order valence-electron chi connectivity index (χ0n) is 24.1. The van der Waals surface area contributed by atoms with E-state index in [9.17, 15) is 30.7 Å². The van der Waals surface area contributed by atoms with Gasteiger partial charge in [0.25, 0.3) is 0 Å². The van der Waals surface area contributed by atoms with Crippen LogP contribution in [0.3, 0.4) is 0 Å². The van der Waals surface area contributed by atoms with E-state index in [1.807, 2.05) is 4.57 Å². The number of halogens is 7. The highest BCUT2D eigenvalue weighted by atomic mass is 19.4. The monoisotopic (exact) mass is 634 g/mol. The first-order valence-corrected chi connectivity index (χ1v) is 14.5. The van der Waals surface area contributed by atoms with Crippen LogP contribution in [0.5, 0.6) is 0 Å². The summed E-state index contributed by atoms with van der Waals surface area (Å²) in [7, 11) is 0. The smallest absolute Gasteiger partial charge is 0.369 e. The van der Waals surface area contributed by atoms with Crippen molar-refractivity contribution in [2.24, 2.45) is 0 Å². The lowest BCUT2D eigenvalue weighted by Gasteiger charge is -2.36. The molecule has 0 N–H and O–H groups in total. The van der Waals surface area contributed by atoms with E-state index in [-0.39, 0.29) is 24.0 Å². The van der Waals surface area contributed by atoms with E-state index in [1.54, 1.807) is 30.6 Å². The highest BCUT2D eigenvalue weighted by Gasteiger charge is 2.39. The van der Waals surface area contributed by atoms with Gasteiger partial charge in [-0.1, -0.05) is 12.1 Å². The van der Waals surface area contributed by atoms with Crippen LogP contribution < -0.4 is 4.90 Å². The molecule has 1 fully saturated rings. The van der Waals surface area contributed by atoms with Crippen molar-refractivity contribution in [3.8, 4) is 0 Å². The van der Waals surface area contributed by atoms with Crippen LogP contribution in [0, 0.1) is 5.82 Å². The standard InChI is InChI=1S/C31H29F7N6O/c1-18(21-13-22(30(33,34)35)15-23(14-21)31(36,37)38)45-26-16-27-41-42-28(44(27)17-25(26)19-3-5-24(32)6-4-19)20-7-11-43(12-8-20)29-39-9-2-10-40-29/h2-6,9-10,13-15,18,20,25-26H,7-8,11-12,16-17H2,1H3/t18-,25-,26+/m1/s1. The largest absolute Gasteiger partial charge is 0.416 e. The summed E-state index contributed by atoms with van der Waals surface area (Å²) in [6.07, 6.45) is -6.60. The van der Waals surface area contributed by atoms with Crippen molar-refractivity contribution in [2.45, 2.75) is 69.1 Å². The van der Waals surface area contributed by atoms with Crippen molar-refractivity contribution in [2.75, 3.05) is 18.0 Å². The van der Waals surface area contributed by atoms with Crippen molar-refractivity contribution in [3.63, 3.8) is 0 Å². The number of alkyl halides is 6. The number of aromatic nitrogens is 5. The minimum Gasteiger partial charge on any atom is -0.369 e. The van der Waals surface area contributed by atoms with Crippen LogP contribution >= 0.6 is 0 Å². The number of piperidine rings is 1. The SMILES string of the molecule is C[C@@H](O[C@H]1Cc2nnc(C3CCN(c4ncccn4)CC3)n2C[C@@H]1c1ccc(F)cc1)c1cc(C(F)(F)F)cc(C(F)(F)F)c1. The van der Waals surface area contributed by atoms with Crippen molar-refractivity contribution in [3.05, 3.63) is 101 Å². The second-order valence-electron chi connectivity index (χ2n) is 11.4. The lowest BCUT2D eigenvalue weighted by Crippen LogP contribution is -2.37. The van der Waals surface area contributed by atoms with Gasteiger partial charge in [0.15, 0.2) is 0 Å². The van der Waals surface area contributed by atoms with Gasteiger partial charge in [0.2, 0.25) is 5.95 Å². The molecule has 2 aromatic carbocycles. The molecule has 0 aliphatic carbocycles. The van der Waals surface area contributed by atoms with Gasteiger partial charge in [0.1, 0.15) is 17.5 Å². The van der Waals surface area contributed by atoms with E-state index < -0.39 is 47.4 Å². The summed E-state index contributed by atoms with van der Waals surface area (Å²) in [4.78, 5) is 10.8. The first kappa shape index (κ1) is 30.9. The summed E-state index contributed by atoms with van der Waals surface area (Å²) >= 11 is 0. The fourth-order valence-electron chi connectivity index (χ4n) is 6.16. The fourth-order valence-corrected chi connectivity index (χ4v) is 6.16. The Morgan fingerprint density at radius 2 is 1.49 bits per heavy atom. The van der Waals surface area contributed by atoms with E-state index in [0.717, 1.165) is 37.3 Å². The summed E-state index contributed by atoms with van der Waals surface area (Å²) in [6.45, 7) is 3.21. The van der Waals surface area contributed by atoms with Gasteiger partial charge in [0.05, 0.1) is 23.3 Å². The lowest BCUT2D eigenvalue weighted by atomic mass is 9.87. The Labute approximate surface area is 254 Å². The van der Waals surface area contributed by atoms with Crippen LogP contribution in [-0.4, -0.2) is 43.9 Å². The van der Waals surface area contributed by atoms with Gasteiger partial charge in [0, 0.05) is 50.3 Å². The lowest BCUT2D eigenvalue weighted by molar-refractivity contribution is -0.143. The molecule has 2 aromatic heterocycles. The summed E-state index contributed by atoms with van der Waals surface area (Å²) in [5, 5.41) is 8.92. The Hall–Kier alpha value is -4.07. The van der Waals surface area contributed by atoms with Gasteiger partial charge >= 0.3 is 12.4 Å². The Morgan fingerprint density at radius 1 is 0.867 bits per heavy atom. The number of benzene rings is 2. The first-order chi connectivity index (χ1) is 21.4. The van der Waals surface area contributed by atoms with E-state index in [2.05, 4.69) is 25.1 Å². The van der Waals surface area contributed by atoms with Gasteiger partial charge in [-0.05, 0) is 67.3 Å². The molecule has 45 heavy (non-hydrogen) atoms. The molecule has 7 nitrogen and oxygen atoms in total. The number of nitrogens with zero attached hydrogens (tertiary/aromatic N) is 6. The number of ether oxygens (including phenoxy) is 1. The molecule has 4 heterocycles. The van der Waals surface area contributed by atoms with E-state index >= 15 is 0 Å². The Kier molecular flexibility index (Phi) is 8.27. The zero-order chi connectivity index (χ0) is 31.9. The minimum atomic E-state index is -4.98.